The van der Waals surface area contributed by atoms with Crippen molar-refractivity contribution in [1.29, 1.82) is 0 Å². The molecular weight excluding hydrogens is 564 g/mol. The standard InChI is InChI=1S/C29H27BrN4O5/c30-21-15-16-25(39-29(38)19-9-3-1-4-10-19)20(17-21)18-31-34-28(37)27(36)33-24-14-8-7-13-23(24)26(35)32-22-11-5-2-6-12-22/h1,3-4,7-10,13-18,22H,2,5-6,11-12H2,(H,32,35)(H,33,36)(H,34,37)/b31-18-. The van der Waals surface area contributed by atoms with E-state index in [0.29, 0.717) is 15.6 Å². The van der Waals surface area contributed by atoms with Crippen LogP contribution in [0.1, 0.15) is 58.4 Å². The van der Waals surface area contributed by atoms with Crippen LogP contribution in [0.15, 0.2) is 82.4 Å². The number of hydrogen-bond donors (Lipinski definition) is 3. The Hall–Kier alpha value is -4.31. The van der Waals surface area contributed by atoms with E-state index in [0.717, 1.165) is 32.1 Å². The largest absolute Gasteiger partial charge is 0.422 e. The number of halogens is 1. The van der Waals surface area contributed by atoms with E-state index >= 15 is 0 Å². The molecule has 4 rings (SSSR count). The normalized spacial score (nSPS) is 13.5. The first-order chi connectivity index (χ1) is 18.9. The number of nitrogens with zero attached hydrogens (tertiary/aromatic N) is 1. The number of rotatable bonds is 7. The molecule has 0 bridgehead atoms. The Morgan fingerprint density at radius 2 is 1.59 bits per heavy atom. The minimum absolute atomic E-state index is 0.0996. The molecule has 0 spiro atoms. The maximum absolute atomic E-state index is 12.8. The first kappa shape index (κ1) is 27.7. The van der Waals surface area contributed by atoms with Gasteiger partial charge in [-0.05, 0) is 55.3 Å². The van der Waals surface area contributed by atoms with Crippen LogP contribution in [0.5, 0.6) is 5.75 Å². The molecule has 9 nitrogen and oxygen atoms in total. The van der Waals surface area contributed by atoms with E-state index in [4.69, 9.17) is 4.74 Å². The predicted octanol–water partition coefficient (Wildman–Crippen LogP) is 4.82. The Balaban J connectivity index is 1.38. The Kier molecular flexibility index (Phi) is 9.58. The third kappa shape index (κ3) is 7.84. The third-order valence-corrected chi connectivity index (χ3v) is 6.61. The quantitative estimate of drug-likeness (QED) is 0.120. The maximum atomic E-state index is 12.8. The predicted molar refractivity (Wildman–Crippen MR) is 151 cm³/mol. The lowest BCUT2D eigenvalue weighted by molar-refractivity contribution is -0.136. The molecule has 0 heterocycles. The highest BCUT2D eigenvalue weighted by molar-refractivity contribution is 9.10. The van der Waals surface area contributed by atoms with Crippen molar-refractivity contribution in [2.45, 2.75) is 38.1 Å². The summed E-state index contributed by atoms with van der Waals surface area (Å²) in [5.41, 5.74) is 3.41. The molecule has 1 aliphatic rings. The summed E-state index contributed by atoms with van der Waals surface area (Å²) in [4.78, 5) is 50.2. The molecule has 1 saturated carbocycles. The number of amides is 3. The van der Waals surface area contributed by atoms with Crippen LogP contribution in [0.25, 0.3) is 0 Å². The topological polar surface area (TPSA) is 126 Å². The highest BCUT2D eigenvalue weighted by Gasteiger charge is 2.21. The van der Waals surface area contributed by atoms with Gasteiger partial charge >= 0.3 is 17.8 Å². The minimum atomic E-state index is -1.04. The van der Waals surface area contributed by atoms with Crippen LogP contribution < -0.4 is 20.8 Å². The highest BCUT2D eigenvalue weighted by atomic mass is 79.9. The van der Waals surface area contributed by atoms with E-state index in [1.807, 2.05) is 0 Å². The molecule has 39 heavy (non-hydrogen) atoms. The second kappa shape index (κ2) is 13.5. The van der Waals surface area contributed by atoms with E-state index in [-0.39, 0.29) is 28.9 Å². The van der Waals surface area contributed by atoms with Crippen molar-refractivity contribution in [2.75, 3.05) is 5.32 Å². The van der Waals surface area contributed by atoms with E-state index in [1.54, 1.807) is 72.8 Å². The summed E-state index contributed by atoms with van der Waals surface area (Å²) in [5, 5.41) is 9.33. The number of anilines is 1. The van der Waals surface area contributed by atoms with Gasteiger partial charge in [0.15, 0.2) is 0 Å². The zero-order chi connectivity index (χ0) is 27.6. The van der Waals surface area contributed by atoms with Gasteiger partial charge in [0.1, 0.15) is 5.75 Å². The zero-order valence-electron chi connectivity index (χ0n) is 21.0. The van der Waals surface area contributed by atoms with Crippen molar-refractivity contribution in [2.24, 2.45) is 5.10 Å². The van der Waals surface area contributed by atoms with Crippen molar-refractivity contribution >= 4 is 51.5 Å². The average Bonchev–Trinajstić information content (AvgIpc) is 2.95. The van der Waals surface area contributed by atoms with Crippen molar-refractivity contribution in [1.82, 2.24) is 10.7 Å². The van der Waals surface area contributed by atoms with Gasteiger partial charge < -0.3 is 15.4 Å². The molecule has 0 unspecified atom stereocenters. The van der Waals surface area contributed by atoms with Crippen LogP contribution in [0.4, 0.5) is 5.69 Å². The number of hydrazone groups is 1. The first-order valence-corrected chi connectivity index (χ1v) is 13.3. The fourth-order valence-corrected chi connectivity index (χ4v) is 4.52. The number of nitrogens with one attached hydrogen (secondary N) is 3. The van der Waals surface area contributed by atoms with E-state index in [2.05, 4.69) is 37.1 Å². The Labute approximate surface area is 234 Å². The van der Waals surface area contributed by atoms with Gasteiger partial charge in [-0.25, -0.2) is 10.2 Å². The van der Waals surface area contributed by atoms with Crippen LogP contribution >= 0.6 is 15.9 Å². The number of benzene rings is 3. The fourth-order valence-electron chi connectivity index (χ4n) is 4.14. The Morgan fingerprint density at radius 1 is 0.872 bits per heavy atom. The van der Waals surface area contributed by atoms with Crippen molar-refractivity contribution in [3.8, 4) is 5.75 Å². The summed E-state index contributed by atoms with van der Waals surface area (Å²) in [6, 6.07) is 20.0. The summed E-state index contributed by atoms with van der Waals surface area (Å²) in [6.45, 7) is 0. The zero-order valence-corrected chi connectivity index (χ0v) is 22.6. The number of ether oxygens (including phenoxy) is 1. The molecule has 0 aromatic heterocycles. The molecule has 200 valence electrons. The van der Waals surface area contributed by atoms with Gasteiger partial charge in [0, 0.05) is 16.1 Å². The second-order valence-corrected chi connectivity index (χ2v) is 9.86. The number of carbonyl (C=O) groups is 4. The van der Waals surface area contributed by atoms with Crippen LogP contribution in [0.2, 0.25) is 0 Å². The summed E-state index contributed by atoms with van der Waals surface area (Å²) in [7, 11) is 0. The molecule has 3 N–H and O–H groups in total. The summed E-state index contributed by atoms with van der Waals surface area (Å²) >= 11 is 3.35. The highest BCUT2D eigenvalue weighted by Crippen LogP contribution is 2.23. The lowest BCUT2D eigenvalue weighted by atomic mass is 9.95. The third-order valence-electron chi connectivity index (χ3n) is 6.12. The number of esters is 1. The van der Waals surface area contributed by atoms with Crippen LogP contribution in [0, 0.1) is 0 Å². The van der Waals surface area contributed by atoms with Crippen LogP contribution in [-0.2, 0) is 9.59 Å². The van der Waals surface area contributed by atoms with Crippen molar-refractivity contribution in [3.05, 3.63) is 94.0 Å². The number of carbonyl (C=O) groups excluding carboxylic acids is 4. The second-order valence-electron chi connectivity index (χ2n) is 8.94. The number of hydrogen-bond acceptors (Lipinski definition) is 6. The van der Waals surface area contributed by atoms with Gasteiger partial charge in [-0.1, -0.05) is 65.5 Å². The van der Waals surface area contributed by atoms with E-state index in [9.17, 15) is 19.2 Å². The van der Waals surface area contributed by atoms with Gasteiger partial charge in [-0.2, -0.15) is 5.10 Å². The molecular formula is C29H27BrN4O5. The van der Waals surface area contributed by atoms with Gasteiger partial charge in [-0.15, -0.1) is 0 Å². The summed E-state index contributed by atoms with van der Waals surface area (Å²) < 4.78 is 6.17. The maximum Gasteiger partial charge on any atom is 0.343 e. The molecule has 3 aromatic rings. The molecule has 0 radical (unpaired) electrons. The van der Waals surface area contributed by atoms with E-state index in [1.165, 1.54) is 6.21 Å². The molecule has 3 amide bonds. The molecule has 0 saturated heterocycles. The average molecular weight is 591 g/mol. The van der Waals surface area contributed by atoms with E-state index < -0.39 is 17.8 Å². The Morgan fingerprint density at radius 3 is 2.36 bits per heavy atom. The fraction of sp³-hybridized carbons (Fsp3) is 0.207. The molecule has 0 atom stereocenters. The molecule has 3 aromatic carbocycles. The van der Waals surface area contributed by atoms with Crippen LogP contribution in [-0.4, -0.2) is 35.9 Å². The van der Waals surface area contributed by atoms with Gasteiger partial charge in [0.25, 0.3) is 5.91 Å². The Bertz CT molecular complexity index is 1390. The molecule has 1 aliphatic carbocycles. The number of para-hydroxylation sites is 1. The molecule has 10 heteroatoms. The lowest BCUT2D eigenvalue weighted by Crippen LogP contribution is -2.37. The van der Waals surface area contributed by atoms with Crippen LogP contribution in [0.3, 0.4) is 0 Å². The summed E-state index contributed by atoms with van der Waals surface area (Å²) in [5.74, 6) is -2.67. The van der Waals surface area contributed by atoms with Crippen molar-refractivity contribution in [3.63, 3.8) is 0 Å². The van der Waals surface area contributed by atoms with Gasteiger partial charge in [0.05, 0.1) is 23.0 Å². The smallest absolute Gasteiger partial charge is 0.343 e. The monoisotopic (exact) mass is 590 g/mol. The summed E-state index contributed by atoms with van der Waals surface area (Å²) in [6.07, 6.45) is 6.41. The molecule has 1 fully saturated rings. The van der Waals surface area contributed by atoms with Crippen molar-refractivity contribution < 1.29 is 23.9 Å². The minimum Gasteiger partial charge on any atom is -0.422 e. The van der Waals surface area contributed by atoms with Gasteiger partial charge in [-0.3, -0.25) is 14.4 Å². The first-order valence-electron chi connectivity index (χ1n) is 12.5. The van der Waals surface area contributed by atoms with Gasteiger partial charge in [0.2, 0.25) is 0 Å². The molecule has 0 aliphatic heterocycles. The SMILES string of the molecule is O=C(N/N=C\c1cc(Br)ccc1OC(=O)c1ccccc1)C(=O)Nc1ccccc1C(=O)NC1CCCCC1. The lowest BCUT2D eigenvalue weighted by Gasteiger charge is -2.23.